The van der Waals surface area contributed by atoms with Crippen LogP contribution in [0, 0.1) is 39.9 Å². The highest BCUT2D eigenvalue weighted by Crippen LogP contribution is 2.83. The number of aliphatic hydroxyl groups excluding tert-OH is 2. The van der Waals surface area contributed by atoms with Crippen LogP contribution in [0.2, 0.25) is 0 Å². The van der Waals surface area contributed by atoms with Gasteiger partial charge in [-0.15, -0.1) is 0 Å². The van der Waals surface area contributed by atoms with E-state index in [1.165, 1.54) is 32.2 Å². The molecule has 140 valence electrons. The lowest BCUT2D eigenvalue weighted by molar-refractivity contribution is -0.287. The van der Waals surface area contributed by atoms with Crippen LogP contribution in [0.25, 0.3) is 0 Å². The molecule has 0 aromatic carbocycles. The number of aliphatic hydroxyl groups is 3. The molecule has 0 aromatic rings. The Morgan fingerprint density at radius 2 is 1.88 bits per heavy atom. The van der Waals surface area contributed by atoms with E-state index in [1.807, 2.05) is 0 Å². The molecule has 1 saturated heterocycles. The summed E-state index contributed by atoms with van der Waals surface area (Å²) < 4.78 is 0. The van der Waals surface area contributed by atoms with Crippen LogP contribution in [0.4, 0.5) is 0 Å². The molecule has 7 bridgehead atoms. The zero-order chi connectivity index (χ0) is 17.4. The van der Waals surface area contributed by atoms with Crippen molar-refractivity contribution in [3.63, 3.8) is 0 Å². The monoisotopic (exact) mass is 347 g/mol. The fourth-order valence-corrected chi connectivity index (χ4v) is 10.4. The second-order valence-electron chi connectivity index (χ2n) is 11.1. The third-order valence-corrected chi connectivity index (χ3v) is 10.7. The van der Waals surface area contributed by atoms with Gasteiger partial charge in [0.15, 0.2) is 0 Å². The first-order valence-electron chi connectivity index (χ1n) is 10.6. The second kappa shape index (κ2) is 4.29. The zero-order valence-corrected chi connectivity index (χ0v) is 15.6. The number of likely N-dealkylation sites (tertiary alicyclic amines) is 1. The molecule has 3 unspecified atom stereocenters. The minimum atomic E-state index is -1.26. The Hall–Kier alpha value is -0.160. The predicted molar refractivity (Wildman–Crippen MR) is 93.7 cm³/mol. The van der Waals surface area contributed by atoms with Crippen LogP contribution in [0.3, 0.4) is 0 Å². The topological polar surface area (TPSA) is 63.9 Å². The predicted octanol–water partition coefficient (Wildman–Crippen LogP) is 1.63. The maximum Gasteiger partial charge on any atom is 0.117 e. The first-order chi connectivity index (χ1) is 11.8. The molecular weight excluding hydrogens is 314 g/mol. The van der Waals surface area contributed by atoms with Crippen molar-refractivity contribution in [2.75, 3.05) is 20.2 Å². The van der Waals surface area contributed by atoms with Crippen LogP contribution in [-0.4, -0.2) is 58.2 Å². The third-order valence-electron chi connectivity index (χ3n) is 10.7. The van der Waals surface area contributed by atoms with Gasteiger partial charge in [-0.3, -0.25) is 0 Å². The number of hydrogen-bond donors (Lipinski definition) is 3. The molecule has 2 spiro atoms. The van der Waals surface area contributed by atoms with Gasteiger partial charge in [-0.05, 0) is 80.1 Å². The molecule has 0 radical (unpaired) electrons. The highest BCUT2D eigenvalue weighted by atomic mass is 16.4. The highest BCUT2D eigenvalue weighted by Gasteiger charge is 2.84. The highest BCUT2D eigenvalue weighted by molar-refractivity contribution is 5.33. The lowest BCUT2D eigenvalue weighted by Gasteiger charge is -2.69. The Morgan fingerprint density at radius 3 is 2.64 bits per heavy atom. The Kier molecular flexibility index (Phi) is 2.72. The van der Waals surface area contributed by atoms with E-state index in [-0.39, 0.29) is 17.9 Å². The summed E-state index contributed by atoms with van der Waals surface area (Å²) in [6.07, 6.45) is 7.59. The number of fused-ring (bicyclic) bond motifs is 2. The first-order valence-corrected chi connectivity index (χ1v) is 10.6. The van der Waals surface area contributed by atoms with Crippen LogP contribution >= 0.6 is 0 Å². The average molecular weight is 347 g/mol. The minimum absolute atomic E-state index is 0.0762. The Morgan fingerprint density at radius 1 is 1.08 bits per heavy atom. The summed E-state index contributed by atoms with van der Waals surface area (Å²) in [7, 11) is 2.32. The van der Waals surface area contributed by atoms with Gasteiger partial charge in [0.1, 0.15) is 5.60 Å². The molecule has 7 fully saturated rings. The molecule has 4 heteroatoms. The van der Waals surface area contributed by atoms with E-state index in [4.69, 9.17) is 0 Å². The van der Waals surface area contributed by atoms with Crippen molar-refractivity contribution >= 4 is 0 Å². The van der Waals surface area contributed by atoms with E-state index in [9.17, 15) is 15.3 Å². The van der Waals surface area contributed by atoms with Gasteiger partial charge < -0.3 is 20.2 Å². The van der Waals surface area contributed by atoms with Crippen molar-refractivity contribution in [3.8, 4) is 0 Å². The maximum atomic E-state index is 11.4. The van der Waals surface area contributed by atoms with E-state index < -0.39 is 11.7 Å². The van der Waals surface area contributed by atoms with Gasteiger partial charge in [0, 0.05) is 18.0 Å². The van der Waals surface area contributed by atoms with Gasteiger partial charge in [-0.25, -0.2) is 0 Å². The quantitative estimate of drug-likeness (QED) is 0.675. The van der Waals surface area contributed by atoms with Gasteiger partial charge in [0.25, 0.3) is 0 Å². The van der Waals surface area contributed by atoms with Gasteiger partial charge in [0.2, 0.25) is 0 Å². The Balaban J connectivity index is 1.56. The SMILES string of the molecule is CN1C[C@]2(C)CCC[C@]34C1[C@H](CC23)[C@@]12CC[C@@H](CC41)[C@@](O)(CO)[C@H]2O. The average Bonchev–Trinajstić information content (AvgIpc) is 3.02. The summed E-state index contributed by atoms with van der Waals surface area (Å²) in [5.41, 5.74) is -0.610. The third kappa shape index (κ3) is 1.35. The van der Waals surface area contributed by atoms with Crippen LogP contribution in [0.1, 0.15) is 51.9 Å². The molecule has 1 aliphatic heterocycles. The molecule has 7 rings (SSSR count). The number of piperidine rings is 1. The second-order valence-corrected chi connectivity index (χ2v) is 11.1. The normalized spacial score (nSPS) is 67.6. The Bertz CT molecular complexity index is 641. The molecule has 25 heavy (non-hydrogen) atoms. The molecule has 6 saturated carbocycles. The van der Waals surface area contributed by atoms with Crippen LogP contribution in [0.15, 0.2) is 0 Å². The minimum Gasteiger partial charge on any atom is -0.393 e. The lowest BCUT2D eigenvalue weighted by atomic mass is 9.38. The van der Waals surface area contributed by atoms with Gasteiger partial charge in [0.05, 0.1) is 12.7 Å². The van der Waals surface area contributed by atoms with Crippen molar-refractivity contribution < 1.29 is 15.3 Å². The molecule has 10 atom stereocenters. The van der Waals surface area contributed by atoms with Crippen LogP contribution in [-0.2, 0) is 0 Å². The van der Waals surface area contributed by atoms with Crippen molar-refractivity contribution in [2.45, 2.75) is 69.6 Å². The van der Waals surface area contributed by atoms with Crippen molar-refractivity contribution in [2.24, 2.45) is 39.9 Å². The molecule has 0 amide bonds. The van der Waals surface area contributed by atoms with E-state index >= 15 is 0 Å². The molecule has 6 aliphatic carbocycles. The van der Waals surface area contributed by atoms with Crippen molar-refractivity contribution in [1.82, 2.24) is 4.90 Å². The molecule has 0 aromatic heterocycles. The fraction of sp³-hybridized carbons (Fsp3) is 1.00. The summed E-state index contributed by atoms with van der Waals surface area (Å²) in [5.74, 6) is 1.94. The van der Waals surface area contributed by atoms with E-state index in [1.54, 1.807) is 0 Å². The van der Waals surface area contributed by atoms with Crippen LogP contribution in [0.5, 0.6) is 0 Å². The van der Waals surface area contributed by atoms with Gasteiger partial charge >= 0.3 is 0 Å². The summed E-state index contributed by atoms with van der Waals surface area (Å²) in [5, 5.41) is 32.6. The first kappa shape index (κ1) is 15.9. The van der Waals surface area contributed by atoms with Crippen molar-refractivity contribution in [1.29, 1.82) is 0 Å². The number of rotatable bonds is 1. The van der Waals surface area contributed by atoms with E-state index in [0.717, 1.165) is 25.2 Å². The smallest absolute Gasteiger partial charge is 0.117 e. The fourth-order valence-electron chi connectivity index (χ4n) is 10.4. The summed E-state index contributed by atoms with van der Waals surface area (Å²) in [6.45, 7) is 3.45. The standard InChI is InChI=1S/C21H33NO3/c1-18-5-3-6-20-14(18)9-13(16(20)22(2)10-18)19-7-4-12(8-15(19)20)21(25,11-23)17(19)24/h12-17,23-25H,3-11H2,1-2H3/t12-,13-,14?,15?,16?,17-,18-,19-,20-,21-/m0/s1. The molecule has 4 nitrogen and oxygen atoms in total. The molecular formula is C21H33NO3. The number of nitrogens with zero attached hydrogens (tertiary/aromatic N) is 1. The Labute approximate surface area is 150 Å². The van der Waals surface area contributed by atoms with E-state index in [2.05, 4.69) is 18.9 Å². The van der Waals surface area contributed by atoms with E-state index in [0.29, 0.717) is 28.7 Å². The molecule has 7 aliphatic rings. The molecule has 1 heterocycles. The number of hydrogen-bond acceptors (Lipinski definition) is 4. The summed E-state index contributed by atoms with van der Waals surface area (Å²) in [4.78, 5) is 2.65. The summed E-state index contributed by atoms with van der Waals surface area (Å²) >= 11 is 0. The van der Waals surface area contributed by atoms with Gasteiger partial charge in [-0.1, -0.05) is 13.3 Å². The van der Waals surface area contributed by atoms with Gasteiger partial charge in [-0.2, -0.15) is 0 Å². The molecule has 3 N–H and O–H groups in total. The van der Waals surface area contributed by atoms with Crippen LogP contribution < -0.4 is 0 Å². The maximum absolute atomic E-state index is 11.4. The van der Waals surface area contributed by atoms with Crippen molar-refractivity contribution in [3.05, 3.63) is 0 Å². The summed E-state index contributed by atoms with van der Waals surface area (Å²) in [6, 6.07) is 0.588. The lowest BCUT2D eigenvalue weighted by Crippen LogP contribution is -2.72. The zero-order valence-electron chi connectivity index (χ0n) is 15.6. The largest absolute Gasteiger partial charge is 0.393 e.